The van der Waals surface area contributed by atoms with Crippen LogP contribution in [0.4, 0.5) is 0 Å². The molecule has 1 aromatic rings. The fourth-order valence-corrected chi connectivity index (χ4v) is 1.49. The third-order valence-corrected chi connectivity index (χ3v) is 2.16. The Morgan fingerprint density at radius 1 is 1.46 bits per heavy atom. The van der Waals surface area contributed by atoms with Crippen LogP contribution in [0.25, 0.3) is 0 Å². The van der Waals surface area contributed by atoms with E-state index in [1.54, 1.807) is 12.1 Å². The van der Waals surface area contributed by atoms with Crippen molar-refractivity contribution < 1.29 is 5.11 Å². The Labute approximate surface area is 77.3 Å². The summed E-state index contributed by atoms with van der Waals surface area (Å²) in [4.78, 5) is 6.45. The lowest BCUT2D eigenvalue weighted by molar-refractivity contribution is 0.475. The Kier molecular flexibility index (Phi) is 1.93. The number of hydrogen-bond donors (Lipinski definition) is 1. The summed E-state index contributed by atoms with van der Waals surface area (Å²) >= 11 is 0. The summed E-state index contributed by atoms with van der Waals surface area (Å²) in [6, 6.07) is 7.19. The van der Waals surface area contributed by atoms with Crippen molar-refractivity contribution in [3.05, 3.63) is 29.8 Å². The van der Waals surface area contributed by atoms with E-state index < -0.39 is 0 Å². The number of phenols is 1. The average molecular weight is 180 g/mol. The zero-order valence-electron chi connectivity index (χ0n) is 7.57. The molecule has 1 heterocycles. The Balaban J connectivity index is 2.35. The summed E-state index contributed by atoms with van der Waals surface area (Å²) in [6.45, 7) is 1.81. The lowest BCUT2D eigenvalue weighted by Gasteiger charge is -2.13. The Hall–Kier alpha value is -1.51. The van der Waals surface area contributed by atoms with Gasteiger partial charge in [-0.15, -0.1) is 0 Å². The van der Waals surface area contributed by atoms with E-state index in [2.05, 4.69) is 9.89 Å². The third kappa shape index (κ3) is 1.49. The second-order valence-corrected chi connectivity index (χ2v) is 3.18. The number of likely N-dealkylation sites (N-methyl/N-ethyl adjacent to an activating group) is 1. The summed E-state index contributed by atoms with van der Waals surface area (Å²) in [5.74, 6) is 1.26. The standard InChI is InChI=1S/C10H12N2O/c1-12-6-5-11-10(12)8-3-2-4-9(13)7-8/h2-4,7,13H,5-6H2,1H3/i1+1,5+1,11+1,12+1. The highest BCUT2D eigenvalue weighted by Crippen LogP contribution is 2.15. The first kappa shape index (κ1) is 8.10. The van der Waals surface area contributed by atoms with E-state index in [0.717, 1.165) is 24.5 Å². The van der Waals surface area contributed by atoms with Crippen molar-refractivity contribution >= 4 is 5.84 Å². The molecule has 1 aromatic carbocycles. The molecule has 3 heteroatoms. The summed E-state index contributed by atoms with van der Waals surface area (Å²) in [6.07, 6.45) is 0. The molecule has 0 spiro atoms. The minimum atomic E-state index is 0.292. The van der Waals surface area contributed by atoms with E-state index in [4.69, 9.17) is 0 Å². The van der Waals surface area contributed by atoms with Crippen molar-refractivity contribution in [3.63, 3.8) is 0 Å². The van der Waals surface area contributed by atoms with Crippen molar-refractivity contribution in [2.24, 2.45) is 4.99 Å². The molecule has 1 aliphatic rings. The number of amidine groups is 1. The molecule has 0 saturated carbocycles. The molecule has 2 rings (SSSR count). The highest BCUT2D eigenvalue weighted by molar-refractivity contribution is 5.99. The van der Waals surface area contributed by atoms with Crippen molar-refractivity contribution in [3.8, 4) is 5.75 Å². The molecule has 3 nitrogen and oxygen atoms in total. The molecular formula is C10H12N2O. The number of aromatic hydroxyl groups is 1. The summed E-state index contributed by atoms with van der Waals surface area (Å²) in [7, 11) is 2.01. The number of benzene rings is 1. The molecule has 0 aliphatic carbocycles. The number of rotatable bonds is 1. The van der Waals surface area contributed by atoms with Crippen molar-refractivity contribution in [1.82, 2.24) is 4.90 Å². The van der Waals surface area contributed by atoms with Gasteiger partial charge in [-0.1, -0.05) is 12.1 Å². The number of aliphatic imine (C=N–C) groups is 1. The second kappa shape index (κ2) is 3.09. The highest BCUT2D eigenvalue weighted by Gasteiger charge is 2.14. The SMILES string of the molecule is [13CH3][15N]1C[13CH2][15N]=C1c1cccc(O)c1. The van der Waals surface area contributed by atoms with Crippen LogP contribution in [0.5, 0.6) is 5.75 Å². The van der Waals surface area contributed by atoms with Gasteiger partial charge in [-0.2, -0.15) is 0 Å². The van der Waals surface area contributed by atoms with Crippen LogP contribution in [-0.4, -0.2) is 36.0 Å². The third-order valence-electron chi connectivity index (χ3n) is 2.16. The van der Waals surface area contributed by atoms with Gasteiger partial charge < -0.3 is 10.0 Å². The van der Waals surface area contributed by atoms with Crippen LogP contribution in [-0.2, 0) is 0 Å². The van der Waals surface area contributed by atoms with Gasteiger partial charge in [0, 0.05) is 19.2 Å². The smallest absolute Gasteiger partial charge is 0.130 e. The topological polar surface area (TPSA) is 35.8 Å². The first-order chi connectivity index (χ1) is 6.27. The molecule has 0 bridgehead atoms. The van der Waals surface area contributed by atoms with Gasteiger partial charge in [-0.25, -0.2) is 0 Å². The van der Waals surface area contributed by atoms with Gasteiger partial charge >= 0.3 is 0 Å². The fraction of sp³-hybridized carbons (Fsp3) is 0.300. The first-order valence-corrected chi connectivity index (χ1v) is 4.32. The van der Waals surface area contributed by atoms with Gasteiger partial charge in [0.15, 0.2) is 0 Å². The Bertz CT molecular complexity index is 347. The Morgan fingerprint density at radius 3 is 2.92 bits per heavy atom. The molecule has 0 radical (unpaired) electrons. The first-order valence-electron chi connectivity index (χ1n) is 4.32. The van der Waals surface area contributed by atoms with Crippen molar-refractivity contribution in [1.29, 1.82) is 0 Å². The summed E-state index contributed by atoms with van der Waals surface area (Å²) in [5.41, 5.74) is 0.986. The normalized spacial score (nSPS) is 16.1. The molecule has 68 valence electrons. The quantitative estimate of drug-likeness (QED) is 0.518. The maximum atomic E-state index is 9.29. The van der Waals surface area contributed by atoms with Crippen molar-refractivity contribution in [2.45, 2.75) is 0 Å². The molecule has 0 aromatic heterocycles. The van der Waals surface area contributed by atoms with Crippen LogP contribution in [0.3, 0.4) is 0 Å². The van der Waals surface area contributed by atoms with E-state index in [-0.39, 0.29) is 0 Å². The fourth-order valence-electron chi connectivity index (χ4n) is 1.49. The monoisotopic (exact) mass is 180 g/mol. The molecule has 1 N–H and O–H groups in total. The minimum absolute atomic E-state index is 0.292. The zero-order chi connectivity index (χ0) is 9.26. The lowest BCUT2D eigenvalue weighted by Crippen LogP contribution is -2.23. The van der Waals surface area contributed by atoms with Crippen LogP contribution in [0.2, 0.25) is 0 Å². The minimum Gasteiger partial charge on any atom is -0.508 e. The molecule has 0 fully saturated rings. The van der Waals surface area contributed by atoms with E-state index in [1.165, 1.54) is 0 Å². The second-order valence-electron chi connectivity index (χ2n) is 3.18. The van der Waals surface area contributed by atoms with Gasteiger partial charge in [0.2, 0.25) is 0 Å². The highest BCUT2D eigenvalue weighted by atomic mass is 16.3. The Morgan fingerprint density at radius 2 is 2.31 bits per heavy atom. The van der Waals surface area contributed by atoms with E-state index >= 15 is 0 Å². The molecule has 0 saturated heterocycles. The van der Waals surface area contributed by atoms with E-state index in [9.17, 15) is 5.11 Å². The van der Waals surface area contributed by atoms with Gasteiger partial charge in [-0.05, 0) is 12.1 Å². The maximum absolute atomic E-state index is 9.29. The molecule has 1 aliphatic heterocycles. The predicted octanol–water partition coefficient (Wildman–Crippen LogP) is 1.08. The van der Waals surface area contributed by atoms with Gasteiger partial charge in [-0.3, -0.25) is 4.99 Å². The summed E-state index contributed by atoms with van der Waals surface area (Å²) in [5, 5.41) is 9.29. The van der Waals surface area contributed by atoms with Crippen LogP contribution in [0, 0.1) is 0 Å². The number of hydrogen-bond acceptors (Lipinski definition) is 3. The number of nitrogens with zero attached hydrogens (tertiary/aromatic N) is 2. The number of phenolic OH excluding ortho intramolecular Hbond substituents is 1. The largest absolute Gasteiger partial charge is 0.508 e. The zero-order valence-corrected chi connectivity index (χ0v) is 7.57. The van der Waals surface area contributed by atoms with Crippen LogP contribution < -0.4 is 0 Å². The van der Waals surface area contributed by atoms with Crippen LogP contribution >= 0.6 is 0 Å². The summed E-state index contributed by atoms with van der Waals surface area (Å²) < 4.78 is 0. The molecule has 0 atom stereocenters. The van der Waals surface area contributed by atoms with Crippen LogP contribution in [0.15, 0.2) is 29.3 Å². The predicted molar refractivity (Wildman–Crippen MR) is 52.1 cm³/mol. The lowest BCUT2D eigenvalue weighted by atomic mass is 10.2. The van der Waals surface area contributed by atoms with Gasteiger partial charge in [0.25, 0.3) is 0 Å². The molecule has 0 unspecified atom stereocenters. The van der Waals surface area contributed by atoms with Gasteiger partial charge in [0.1, 0.15) is 11.6 Å². The van der Waals surface area contributed by atoms with E-state index in [0.29, 0.717) is 5.75 Å². The van der Waals surface area contributed by atoms with Gasteiger partial charge in [0.05, 0.1) is 6.54 Å². The van der Waals surface area contributed by atoms with E-state index in [1.807, 2.05) is 19.2 Å². The molecule has 13 heavy (non-hydrogen) atoms. The van der Waals surface area contributed by atoms with Crippen molar-refractivity contribution in [2.75, 3.05) is 20.1 Å². The average Bonchev–Trinajstić information content (AvgIpc) is 2.51. The molecular weight excluding hydrogens is 168 g/mol. The molecule has 0 amide bonds. The van der Waals surface area contributed by atoms with Crippen LogP contribution in [0.1, 0.15) is 5.56 Å². The maximum Gasteiger partial charge on any atom is 0.130 e.